The Balaban J connectivity index is 0.00000176. The lowest BCUT2D eigenvalue weighted by molar-refractivity contribution is -0.135. The van der Waals surface area contributed by atoms with Crippen molar-refractivity contribution in [2.24, 2.45) is 5.73 Å². The molecule has 4 nitrogen and oxygen atoms in total. The Bertz CT molecular complexity index is 640. The van der Waals surface area contributed by atoms with E-state index in [2.05, 4.69) is 18.0 Å². The third kappa shape index (κ3) is 3.28. The number of para-hydroxylation sites is 1. The topological polar surface area (TPSA) is 62.1 Å². The summed E-state index contributed by atoms with van der Waals surface area (Å²) < 4.78 is 0. The second kappa shape index (κ2) is 7.16. The number of halogens is 1. The number of nitrogens with zero attached hydrogens (tertiary/aromatic N) is 1. The first kappa shape index (κ1) is 16.8. The molecule has 1 aliphatic rings. The molecule has 22 heavy (non-hydrogen) atoms. The van der Waals surface area contributed by atoms with Gasteiger partial charge >= 0.3 is 0 Å². The van der Waals surface area contributed by atoms with E-state index in [0.717, 1.165) is 35.9 Å². The molecule has 0 saturated carbocycles. The van der Waals surface area contributed by atoms with Crippen molar-refractivity contribution in [3.63, 3.8) is 0 Å². The van der Waals surface area contributed by atoms with Crippen molar-refractivity contribution >= 4 is 29.2 Å². The first-order valence-electron chi connectivity index (χ1n) is 7.78. The van der Waals surface area contributed by atoms with Gasteiger partial charge in [0.25, 0.3) is 0 Å². The summed E-state index contributed by atoms with van der Waals surface area (Å²) in [4.78, 5) is 17.8. The van der Waals surface area contributed by atoms with Crippen LogP contribution >= 0.6 is 12.4 Å². The smallest absolute Gasteiger partial charge is 0.240 e. The number of amides is 1. The summed E-state index contributed by atoms with van der Waals surface area (Å²) in [6, 6.07) is 7.99. The number of aromatic amines is 1. The van der Waals surface area contributed by atoms with E-state index in [9.17, 15) is 4.79 Å². The van der Waals surface area contributed by atoms with Gasteiger partial charge in [-0.05, 0) is 44.2 Å². The molecule has 1 saturated heterocycles. The number of hydrogen-bond acceptors (Lipinski definition) is 2. The highest BCUT2D eigenvalue weighted by atomic mass is 35.5. The number of carbonyl (C=O) groups excluding carboxylic acids is 1. The summed E-state index contributed by atoms with van der Waals surface area (Å²) in [5.74, 6) is 0.0903. The molecule has 0 aliphatic carbocycles. The molecule has 2 atom stereocenters. The Morgan fingerprint density at radius 2 is 2.18 bits per heavy atom. The number of nitrogens with one attached hydrogen (secondary N) is 1. The first-order valence-corrected chi connectivity index (χ1v) is 7.78. The fraction of sp³-hybridized carbons (Fsp3) is 0.471. The minimum Gasteiger partial charge on any atom is -0.361 e. The van der Waals surface area contributed by atoms with Gasteiger partial charge in [-0.3, -0.25) is 4.79 Å². The molecule has 1 fully saturated rings. The summed E-state index contributed by atoms with van der Waals surface area (Å²) in [6.45, 7) is 2.97. The van der Waals surface area contributed by atoms with Gasteiger partial charge in [-0.2, -0.15) is 0 Å². The molecule has 2 heterocycles. The number of benzene rings is 1. The van der Waals surface area contributed by atoms with Gasteiger partial charge in [-0.15, -0.1) is 12.4 Å². The van der Waals surface area contributed by atoms with Crippen LogP contribution in [0.1, 0.15) is 31.7 Å². The SMILES string of the molecule is CC1CCCCN1C(=O)[C@@H](N)Cc1c[nH]c2ccccc12.Cl. The van der Waals surface area contributed by atoms with E-state index in [1.165, 1.54) is 6.42 Å². The molecule has 3 rings (SSSR count). The normalized spacial score (nSPS) is 19.7. The zero-order valence-corrected chi connectivity index (χ0v) is 13.7. The highest BCUT2D eigenvalue weighted by Crippen LogP contribution is 2.21. The van der Waals surface area contributed by atoms with Crippen LogP contribution in [0, 0.1) is 0 Å². The molecule has 0 bridgehead atoms. The highest BCUT2D eigenvalue weighted by molar-refractivity contribution is 5.86. The number of nitrogens with two attached hydrogens (primary N) is 1. The van der Waals surface area contributed by atoms with Crippen LogP contribution in [0.15, 0.2) is 30.5 Å². The van der Waals surface area contributed by atoms with Crippen molar-refractivity contribution in [3.05, 3.63) is 36.0 Å². The van der Waals surface area contributed by atoms with Crippen LogP contribution in [0.25, 0.3) is 10.9 Å². The second-order valence-corrected chi connectivity index (χ2v) is 6.05. The Morgan fingerprint density at radius 1 is 1.41 bits per heavy atom. The fourth-order valence-electron chi connectivity index (χ4n) is 3.26. The molecule has 0 radical (unpaired) electrons. The number of hydrogen-bond donors (Lipinski definition) is 2. The van der Waals surface area contributed by atoms with Gasteiger partial charge in [0.15, 0.2) is 0 Å². The summed E-state index contributed by atoms with van der Waals surface area (Å²) in [5, 5.41) is 1.16. The molecule has 1 aliphatic heterocycles. The summed E-state index contributed by atoms with van der Waals surface area (Å²) in [5.41, 5.74) is 8.40. The van der Waals surface area contributed by atoms with Crippen LogP contribution in [-0.4, -0.2) is 34.4 Å². The van der Waals surface area contributed by atoms with E-state index in [0.29, 0.717) is 12.5 Å². The minimum absolute atomic E-state index is 0. The molecule has 1 amide bonds. The van der Waals surface area contributed by atoms with Crippen molar-refractivity contribution in [1.29, 1.82) is 0 Å². The standard InChI is InChI=1S/C17H23N3O.ClH/c1-12-6-4-5-9-20(12)17(21)15(18)10-13-11-19-16-8-3-2-7-14(13)16;/h2-3,7-8,11-12,15,19H,4-6,9-10,18H2,1H3;1H/t12?,15-;/m0./s1. The molecule has 5 heteroatoms. The van der Waals surface area contributed by atoms with Crippen molar-refractivity contribution in [2.45, 2.75) is 44.7 Å². The maximum atomic E-state index is 12.6. The largest absolute Gasteiger partial charge is 0.361 e. The molecule has 120 valence electrons. The fourth-order valence-corrected chi connectivity index (χ4v) is 3.26. The lowest BCUT2D eigenvalue weighted by Crippen LogP contribution is -2.50. The van der Waals surface area contributed by atoms with E-state index in [1.807, 2.05) is 29.3 Å². The predicted molar refractivity (Wildman–Crippen MR) is 92.3 cm³/mol. The van der Waals surface area contributed by atoms with Gasteiger partial charge in [0.1, 0.15) is 0 Å². The number of likely N-dealkylation sites (tertiary alicyclic amines) is 1. The maximum Gasteiger partial charge on any atom is 0.240 e. The Kier molecular flexibility index (Phi) is 5.48. The molecule has 2 aromatic rings. The van der Waals surface area contributed by atoms with Gasteiger partial charge in [-0.1, -0.05) is 18.2 Å². The second-order valence-electron chi connectivity index (χ2n) is 6.05. The quantitative estimate of drug-likeness (QED) is 0.913. The van der Waals surface area contributed by atoms with Crippen LogP contribution in [0.2, 0.25) is 0 Å². The average molecular weight is 322 g/mol. The van der Waals surface area contributed by atoms with Crippen LogP contribution < -0.4 is 5.73 Å². The van der Waals surface area contributed by atoms with Gasteiger partial charge < -0.3 is 15.6 Å². The number of rotatable bonds is 3. The predicted octanol–water partition coefficient (Wildman–Crippen LogP) is 2.86. The van der Waals surface area contributed by atoms with Crippen molar-refractivity contribution in [2.75, 3.05) is 6.54 Å². The van der Waals surface area contributed by atoms with E-state index in [-0.39, 0.29) is 18.3 Å². The average Bonchev–Trinajstić information content (AvgIpc) is 2.90. The molecular weight excluding hydrogens is 298 g/mol. The third-order valence-electron chi connectivity index (χ3n) is 4.52. The van der Waals surface area contributed by atoms with E-state index in [4.69, 9.17) is 5.73 Å². The summed E-state index contributed by atoms with van der Waals surface area (Å²) in [6.07, 6.45) is 5.95. The van der Waals surface area contributed by atoms with Crippen molar-refractivity contribution in [3.8, 4) is 0 Å². The van der Waals surface area contributed by atoms with Crippen LogP contribution in [0.5, 0.6) is 0 Å². The van der Waals surface area contributed by atoms with Gasteiger partial charge in [-0.25, -0.2) is 0 Å². The maximum absolute atomic E-state index is 12.6. The first-order chi connectivity index (χ1) is 10.2. The monoisotopic (exact) mass is 321 g/mol. The number of aromatic nitrogens is 1. The molecule has 1 aromatic heterocycles. The zero-order chi connectivity index (χ0) is 14.8. The Hall–Kier alpha value is -1.52. The lowest BCUT2D eigenvalue weighted by Gasteiger charge is -2.35. The Morgan fingerprint density at radius 3 is 2.95 bits per heavy atom. The van der Waals surface area contributed by atoms with E-state index < -0.39 is 6.04 Å². The van der Waals surface area contributed by atoms with E-state index >= 15 is 0 Å². The number of fused-ring (bicyclic) bond motifs is 1. The minimum atomic E-state index is -0.454. The Labute approximate surface area is 137 Å². The summed E-state index contributed by atoms with van der Waals surface area (Å²) >= 11 is 0. The van der Waals surface area contributed by atoms with Crippen molar-refractivity contribution in [1.82, 2.24) is 9.88 Å². The highest BCUT2D eigenvalue weighted by Gasteiger charge is 2.27. The molecule has 0 spiro atoms. The van der Waals surface area contributed by atoms with Crippen LogP contribution in [0.3, 0.4) is 0 Å². The van der Waals surface area contributed by atoms with Gasteiger partial charge in [0, 0.05) is 29.7 Å². The molecule has 1 aromatic carbocycles. The zero-order valence-electron chi connectivity index (χ0n) is 12.9. The van der Waals surface area contributed by atoms with Crippen LogP contribution in [0.4, 0.5) is 0 Å². The molecule has 1 unspecified atom stereocenters. The summed E-state index contributed by atoms with van der Waals surface area (Å²) in [7, 11) is 0. The number of carbonyl (C=O) groups is 1. The van der Waals surface area contributed by atoms with Crippen molar-refractivity contribution < 1.29 is 4.79 Å². The van der Waals surface area contributed by atoms with E-state index in [1.54, 1.807) is 0 Å². The molecule has 3 N–H and O–H groups in total. The van der Waals surface area contributed by atoms with Gasteiger partial charge in [0.2, 0.25) is 5.91 Å². The van der Waals surface area contributed by atoms with Crippen LogP contribution in [-0.2, 0) is 11.2 Å². The number of piperidine rings is 1. The van der Waals surface area contributed by atoms with Gasteiger partial charge in [0.05, 0.1) is 6.04 Å². The number of H-pyrrole nitrogens is 1. The lowest BCUT2D eigenvalue weighted by atomic mass is 10.00. The molecular formula is C17H24ClN3O. The third-order valence-corrected chi connectivity index (χ3v) is 4.52.